The van der Waals surface area contributed by atoms with E-state index in [-0.39, 0.29) is 11.2 Å². The molecule has 3 nitrogen and oxygen atoms in total. The number of aromatic nitrogens is 2. The molecule has 3 heteroatoms. The van der Waals surface area contributed by atoms with E-state index in [0.29, 0.717) is 18.8 Å². The summed E-state index contributed by atoms with van der Waals surface area (Å²) < 4.78 is 1.86. The molecule has 1 heterocycles. The highest BCUT2D eigenvalue weighted by Crippen LogP contribution is 2.26. The van der Waals surface area contributed by atoms with Crippen LogP contribution in [0.3, 0.4) is 0 Å². The van der Waals surface area contributed by atoms with Crippen molar-refractivity contribution in [3.8, 4) is 0 Å². The van der Waals surface area contributed by atoms with Crippen LogP contribution in [0.2, 0.25) is 0 Å². The minimum atomic E-state index is 0.275. The fraction of sp³-hybridized carbons (Fsp3) is 0.556. The average Bonchev–Trinajstić information content (AvgIpc) is 2.64. The molecule has 1 aromatic carbocycles. The van der Waals surface area contributed by atoms with Gasteiger partial charge in [-0.1, -0.05) is 45.9 Å². The molecular formula is C18H26N2O. The van der Waals surface area contributed by atoms with Crippen molar-refractivity contribution in [3.63, 3.8) is 0 Å². The number of para-hydroxylation sites is 1. The molecule has 0 aliphatic rings. The van der Waals surface area contributed by atoms with Crippen LogP contribution < -0.4 is 0 Å². The Balaban J connectivity index is 2.05. The highest BCUT2D eigenvalue weighted by Gasteiger charge is 2.19. The lowest BCUT2D eigenvalue weighted by atomic mass is 9.83. The maximum absolute atomic E-state index is 12.3. The van der Waals surface area contributed by atoms with Crippen LogP contribution in [-0.4, -0.2) is 15.6 Å². The molecule has 0 aliphatic heterocycles. The van der Waals surface area contributed by atoms with E-state index in [1.807, 2.05) is 36.0 Å². The van der Waals surface area contributed by atoms with Gasteiger partial charge in [0.05, 0.1) is 17.6 Å². The second-order valence-electron chi connectivity index (χ2n) is 7.38. The van der Waals surface area contributed by atoms with Crippen LogP contribution in [0, 0.1) is 11.3 Å². The smallest absolute Gasteiger partial charge is 0.139 e. The molecule has 0 radical (unpaired) electrons. The summed E-state index contributed by atoms with van der Waals surface area (Å²) in [6.07, 6.45) is 2.15. The first-order chi connectivity index (χ1) is 9.76. The van der Waals surface area contributed by atoms with Gasteiger partial charge in [-0.25, -0.2) is 0 Å². The summed E-state index contributed by atoms with van der Waals surface area (Å²) in [7, 11) is 1.93. The standard InChI is InChI=1S/C18H26N2O/c1-13(12-18(2,3)4)10-14(21)11-16-15-8-6-7-9-17(15)20(5)19-16/h6-9,13H,10-12H2,1-5H3. The molecule has 114 valence electrons. The fourth-order valence-corrected chi connectivity index (χ4v) is 3.18. The Bertz CT molecular complexity index is 634. The van der Waals surface area contributed by atoms with Crippen molar-refractivity contribution in [2.45, 2.75) is 47.0 Å². The van der Waals surface area contributed by atoms with Crippen LogP contribution in [0.25, 0.3) is 10.9 Å². The van der Waals surface area contributed by atoms with Crippen LogP contribution in [0.15, 0.2) is 24.3 Å². The number of fused-ring (bicyclic) bond motifs is 1. The van der Waals surface area contributed by atoms with Gasteiger partial charge >= 0.3 is 0 Å². The summed E-state index contributed by atoms with van der Waals surface area (Å²) in [6.45, 7) is 8.83. The zero-order valence-corrected chi connectivity index (χ0v) is 13.8. The second-order valence-corrected chi connectivity index (χ2v) is 7.38. The summed E-state index contributed by atoms with van der Waals surface area (Å²) in [5.74, 6) is 0.711. The first-order valence-corrected chi connectivity index (χ1v) is 7.68. The number of carbonyl (C=O) groups excluding carboxylic acids is 1. The molecule has 0 fully saturated rings. The Labute approximate surface area is 127 Å². The van der Waals surface area contributed by atoms with E-state index in [4.69, 9.17) is 0 Å². The molecule has 0 spiro atoms. The van der Waals surface area contributed by atoms with E-state index in [1.165, 1.54) is 0 Å². The number of carbonyl (C=O) groups is 1. The topological polar surface area (TPSA) is 34.9 Å². The van der Waals surface area contributed by atoms with Gasteiger partial charge in [-0.2, -0.15) is 5.10 Å². The van der Waals surface area contributed by atoms with Crippen molar-refractivity contribution in [1.82, 2.24) is 9.78 Å². The Morgan fingerprint density at radius 2 is 1.95 bits per heavy atom. The molecule has 0 N–H and O–H groups in total. The zero-order valence-electron chi connectivity index (χ0n) is 13.8. The van der Waals surface area contributed by atoms with Gasteiger partial charge in [0.1, 0.15) is 5.78 Å². The van der Waals surface area contributed by atoms with Gasteiger partial charge < -0.3 is 0 Å². The predicted molar refractivity (Wildman–Crippen MR) is 87.3 cm³/mol. The van der Waals surface area contributed by atoms with Crippen molar-refractivity contribution in [1.29, 1.82) is 0 Å². The number of hydrogen-bond acceptors (Lipinski definition) is 2. The molecule has 2 rings (SSSR count). The van der Waals surface area contributed by atoms with Crippen LogP contribution in [0.5, 0.6) is 0 Å². The largest absolute Gasteiger partial charge is 0.299 e. The second kappa shape index (κ2) is 6.00. The molecule has 0 amide bonds. The van der Waals surface area contributed by atoms with Gasteiger partial charge in [-0.3, -0.25) is 9.48 Å². The van der Waals surface area contributed by atoms with Gasteiger partial charge in [0, 0.05) is 18.9 Å². The minimum absolute atomic E-state index is 0.275. The number of rotatable bonds is 5. The van der Waals surface area contributed by atoms with Crippen molar-refractivity contribution in [3.05, 3.63) is 30.0 Å². The van der Waals surface area contributed by atoms with Crippen LogP contribution in [0.4, 0.5) is 0 Å². The molecular weight excluding hydrogens is 260 g/mol. The molecule has 0 saturated heterocycles. The molecule has 1 aromatic heterocycles. The van der Waals surface area contributed by atoms with Crippen molar-refractivity contribution in [2.24, 2.45) is 18.4 Å². The number of ketones is 1. The molecule has 1 unspecified atom stereocenters. The summed E-state index contributed by atoms with van der Waals surface area (Å²) in [6, 6.07) is 8.09. The maximum atomic E-state index is 12.3. The summed E-state index contributed by atoms with van der Waals surface area (Å²) in [5.41, 5.74) is 2.27. The molecule has 0 aliphatic carbocycles. The third-order valence-electron chi connectivity index (χ3n) is 3.74. The number of hydrogen-bond donors (Lipinski definition) is 0. The summed E-state index contributed by atoms with van der Waals surface area (Å²) in [4.78, 5) is 12.3. The van der Waals surface area contributed by atoms with E-state index in [1.54, 1.807) is 0 Å². The Kier molecular flexibility index (Phi) is 4.50. The van der Waals surface area contributed by atoms with E-state index >= 15 is 0 Å². The van der Waals surface area contributed by atoms with Gasteiger partial charge in [-0.15, -0.1) is 0 Å². The SMILES string of the molecule is CC(CC(=O)Cc1nn(C)c2ccccc12)CC(C)(C)C. The third kappa shape index (κ3) is 4.16. The lowest BCUT2D eigenvalue weighted by Crippen LogP contribution is -2.15. The molecule has 1 atom stereocenters. The minimum Gasteiger partial charge on any atom is -0.299 e. The lowest BCUT2D eigenvalue weighted by Gasteiger charge is -2.22. The highest BCUT2D eigenvalue weighted by atomic mass is 16.1. The number of benzene rings is 1. The number of aryl methyl sites for hydroxylation is 1. The number of Topliss-reactive ketones (excluding diaryl/α,β-unsaturated/α-hetero) is 1. The Morgan fingerprint density at radius 1 is 1.29 bits per heavy atom. The van der Waals surface area contributed by atoms with E-state index < -0.39 is 0 Å². The molecule has 2 aromatic rings. The van der Waals surface area contributed by atoms with Crippen molar-refractivity contribution >= 4 is 16.7 Å². The van der Waals surface area contributed by atoms with Crippen molar-refractivity contribution < 1.29 is 4.79 Å². The first kappa shape index (κ1) is 15.7. The fourth-order valence-electron chi connectivity index (χ4n) is 3.18. The predicted octanol–water partition coefficient (Wildman–Crippen LogP) is 4.15. The van der Waals surface area contributed by atoms with Crippen LogP contribution >= 0.6 is 0 Å². The van der Waals surface area contributed by atoms with Gasteiger partial charge in [0.25, 0.3) is 0 Å². The lowest BCUT2D eigenvalue weighted by molar-refractivity contribution is -0.119. The van der Waals surface area contributed by atoms with E-state index in [2.05, 4.69) is 32.8 Å². The highest BCUT2D eigenvalue weighted by molar-refractivity contribution is 5.88. The zero-order chi connectivity index (χ0) is 15.6. The molecule has 0 saturated carbocycles. The Hall–Kier alpha value is -1.64. The van der Waals surface area contributed by atoms with E-state index in [9.17, 15) is 4.79 Å². The van der Waals surface area contributed by atoms with Gasteiger partial charge in [0.15, 0.2) is 0 Å². The van der Waals surface area contributed by atoms with Crippen LogP contribution in [-0.2, 0) is 18.3 Å². The average molecular weight is 286 g/mol. The molecule has 0 bridgehead atoms. The Morgan fingerprint density at radius 3 is 2.62 bits per heavy atom. The first-order valence-electron chi connectivity index (χ1n) is 7.68. The third-order valence-corrected chi connectivity index (χ3v) is 3.74. The van der Waals surface area contributed by atoms with Gasteiger partial charge in [-0.05, 0) is 23.8 Å². The number of nitrogens with zero attached hydrogens (tertiary/aromatic N) is 2. The maximum Gasteiger partial charge on any atom is 0.139 e. The van der Waals surface area contributed by atoms with Crippen molar-refractivity contribution in [2.75, 3.05) is 0 Å². The monoisotopic (exact) mass is 286 g/mol. The summed E-state index contributed by atoms with van der Waals surface area (Å²) in [5, 5.41) is 5.60. The van der Waals surface area contributed by atoms with E-state index in [0.717, 1.165) is 23.0 Å². The van der Waals surface area contributed by atoms with Crippen LogP contribution in [0.1, 0.15) is 46.2 Å². The normalized spacial score (nSPS) is 13.6. The summed E-state index contributed by atoms with van der Waals surface area (Å²) >= 11 is 0. The van der Waals surface area contributed by atoms with Gasteiger partial charge in [0.2, 0.25) is 0 Å². The quantitative estimate of drug-likeness (QED) is 0.827. The molecule has 21 heavy (non-hydrogen) atoms.